The number of benzene rings is 2. The fourth-order valence-electron chi connectivity index (χ4n) is 4.16. The van der Waals surface area contributed by atoms with Gasteiger partial charge in [0, 0.05) is 48.5 Å². The molecule has 1 amide bonds. The van der Waals surface area contributed by atoms with E-state index in [-0.39, 0.29) is 17.8 Å². The van der Waals surface area contributed by atoms with E-state index < -0.39 is 0 Å². The van der Waals surface area contributed by atoms with Crippen LogP contribution in [0.15, 0.2) is 79.3 Å². The molecule has 1 aliphatic rings. The van der Waals surface area contributed by atoms with E-state index in [2.05, 4.69) is 27.1 Å². The fraction of sp³-hybridized carbons (Fsp3) is 0.231. The molecule has 1 atom stereocenters. The van der Waals surface area contributed by atoms with Gasteiger partial charge in [-0.1, -0.05) is 24.3 Å². The summed E-state index contributed by atoms with van der Waals surface area (Å²) in [5.41, 5.74) is 2.77. The summed E-state index contributed by atoms with van der Waals surface area (Å²) in [6.07, 6.45) is 5.85. The summed E-state index contributed by atoms with van der Waals surface area (Å²) >= 11 is 0. The molecule has 33 heavy (non-hydrogen) atoms. The Morgan fingerprint density at radius 3 is 2.76 bits per heavy atom. The normalized spacial score (nSPS) is 16.4. The minimum Gasteiger partial charge on any atom is -0.424 e. The van der Waals surface area contributed by atoms with Gasteiger partial charge in [-0.25, -0.2) is 9.97 Å². The van der Waals surface area contributed by atoms with Gasteiger partial charge in [-0.2, -0.15) is 0 Å². The second-order valence-electron chi connectivity index (χ2n) is 8.04. The van der Waals surface area contributed by atoms with Crippen LogP contribution in [0.25, 0.3) is 10.9 Å². The smallest absolute Gasteiger partial charge is 0.321 e. The molecule has 166 valence electrons. The summed E-state index contributed by atoms with van der Waals surface area (Å²) in [6.45, 7) is 2.32. The lowest BCUT2D eigenvalue weighted by Gasteiger charge is -2.24. The molecular weight excluding hydrogens is 416 g/mol. The van der Waals surface area contributed by atoms with Crippen LogP contribution in [0.1, 0.15) is 15.9 Å². The van der Waals surface area contributed by atoms with Crippen molar-refractivity contribution in [3.8, 4) is 11.8 Å². The van der Waals surface area contributed by atoms with Gasteiger partial charge in [0.1, 0.15) is 5.75 Å². The third kappa shape index (κ3) is 4.99. The number of rotatable bonds is 5. The molecule has 0 saturated carbocycles. The molecule has 7 nitrogen and oxygen atoms in total. The molecule has 3 heterocycles. The minimum atomic E-state index is -0.0375. The van der Waals surface area contributed by atoms with E-state index in [0.717, 1.165) is 17.3 Å². The lowest BCUT2D eigenvalue weighted by atomic mass is 9.96. The number of hydrogen-bond donors (Lipinski definition) is 0. The highest BCUT2D eigenvalue weighted by atomic mass is 16.5. The summed E-state index contributed by atoms with van der Waals surface area (Å²) in [4.78, 5) is 27.8. The van der Waals surface area contributed by atoms with Gasteiger partial charge in [0.2, 0.25) is 0 Å². The first-order valence-electron chi connectivity index (χ1n) is 11.0. The van der Waals surface area contributed by atoms with Crippen molar-refractivity contribution in [2.24, 2.45) is 5.92 Å². The van der Waals surface area contributed by atoms with E-state index >= 15 is 0 Å². The number of fused-ring (bicyclic) bond motifs is 1. The number of hydrogen-bond acceptors (Lipinski definition) is 6. The van der Waals surface area contributed by atoms with Crippen LogP contribution in [0.2, 0.25) is 0 Å². The Morgan fingerprint density at radius 2 is 1.85 bits per heavy atom. The Balaban J connectivity index is 1.32. The van der Waals surface area contributed by atoms with Crippen LogP contribution in [0.3, 0.4) is 0 Å². The van der Waals surface area contributed by atoms with E-state index in [4.69, 9.17) is 9.47 Å². The molecule has 0 bridgehead atoms. The van der Waals surface area contributed by atoms with Crippen molar-refractivity contribution in [1.82, 2.24) is 19.9 Å². The molecule has 7 heteroatoms. The van der Waals surface area contributed by atoms with Gasteiger partial charge in [-0.05, 0) is 48.4 Å². The maximum atomic E-state index is 13.3. The molecule has 5 rings (SSSR count). The van der Waals surface area contributed by atoms with E-state index in [0.29, 0.717) is 37.6 Å². The molecule has 1 saturated heterocycles. The SMILES string of the molecule is O=C(c1cccc(Oc2ncccn2)c1)N1CCOCC(Cc2cccc3ncccc23)C1. The average Bonchev–Trinajstić information content (AvgIpc) is 3.10. The van der Waals surface area contributed by atoms with Crippen LogP contribution in [-0.2, 0) is 11.2 Å². The Labute approximate surface area is 192 Å². The fourth-order valence-corrected chi connectivity index (χ4v) is 4.16. The topological polar surface area (TPSA) is 77.4 Å². The number of amides is 1. The zero-order valence-corrected chi connectivity index (χ0v) is 18.1. The third-order valence-electron chi connectivity index (χ3n) is 5.70. The average molecular weight is 441 g/mol. The molecule has 1 aliphatic heterocycles. The summed E-state index contributed by atoms with van der Waals surface area (Å²) in [5, 5.41) is 1.15. The van der Waals surface area contributed by atoms with Gasteiger partial charge in [-0.15, -0.1) is 0 Å². The maximum Gasteiger partial charge on any atom is 0.321 e. The van der Waals surface area contributed by atoms with Crippen molar-refractivity contribution in [3.05, 3.63) is 90.4 Å². The highest BCUT2D eigenvalue weighted by Gasteiger charge is 2.24. The molecule has 0 spiro atoms. The van der Waals surface area contributed by atoms with Crippen LogP contribution in [0.5, 0.6) is 11.8 Å². The van der Waals surface area contributed by atoms with Gasteiger partial charge in [0.15, 0.2) is 0 Å². The van der Waals surface area contributed by atoms with E-state index in [1.54, 1.807) is 42.7 Å². The predicted octanol–water partition coefficient (Wildman–Crippen LogP) is 4.15. The molecule has 1 fully saturated rings. The third-order valence-corrected chi connectivity index (χ3v) is 5.70. The van der Waals surface area contributed by atoms with Crippen LogP contribution >= 0.6 is 0 Å². The quantitative estimate of drug-likeness (QED) is 0.464. The Morgan fingerprint density at radius 1 is 1.00 bits per heavy atom. The van der Waals surface area contributed by atoms with Gasteiger partial charge in [0.05, 0.1) is 18.7 Å². The Hall–Kier alpha value is -3.84. The number of pyridine rings is 1. The lowest BCUT2D eigenvalue weighted by molar-refractivity contribution is 0.0737. The number of carbonyl (C=O) groups is 1. The summed E-state index contributed by atoms with van der Waals surface area (Å²) < 4.78 is 11.6. The number of nitrogens with zero attached hydrogens (tertiary/aromatic N) is 4. The van der Waals surface area contributed by atoms with Crippen molar-refractivity contribution in [2.75, 3.05) is 26.3 Å². The molecule has 0 radical (unpaired) electrons. The van der Waals surface area contributed by atoms with Crippen LogP contribution in [0.4, 0.5) is 0 Å². The van der Waals surface area contributed by atoms with Gasteiger partial charge in [0.25, 0.3) is 5.91 Å². The first-order chi connectivity index (χ1) is 16.3. The van der Waals surface area contributed by atoms with Crippen molar-refractivity contribution < 1.29 is 14.3 Å². The maximum absolute atomic E-state index is 13.3. The van der Waals surface area contributed by atoms with E-state index in [9.17, 15) is 4.79 Å². The van der Waals surface area contributed by atoms with Crippen molar-refractivity contribution in [1.29, 1.82) is 0 Å². The molecular formula is C26H24N4O3. The summed E-state index contributed by atoms with van der Waals surface area (Å²) in [6, 6.07) is 19.3. The molecule has 1 unspecified atom stereocenters. The van der Waals surface area contributed by atoms with Crippen molar-refractivity contribution in [2.45, 2.75) is 6.42 Å². The number of carbonyl (C=O) groups excluding carboxylic acids is 1. The zero-order chi connectivity index (χ0) is 22.5. The van der Waals surface area contributed by atoms with Gasteiger partial charge >= 0.3 is 6.01 Å². The molecule has 0 N–H and O–H groups in total. The summed E-state index contributed by atoms with van der Waals surface area (Å²) in [7, 11) is 0. The monoisotopic (exact) mass is 440 g/mol. The van der Waals surface area contributed by atoms with Gasteiger partial charge in [-0.3, -0.25) is 9.78 Å². The largest absolute Gasteiger partial charge is 0.424 e. The number of ether oxygens (including phenoxy) is 2. The van der Waals surface area contributed by atoms with Crippen LogP contribution in [0, 0.1) is 5.92 Å². The van der Waals surface area contributed by atoms with Crippen LogP contribution in [-0.4, -0.2) is 52.1 Å². The minimum absolute atomic E-state index is 0.0375. The Kier molecular flexibility index (Phi) is 6.21. The second-order valence-corrected chi connectivity index (χ2v) is 8.04. The van der Waals surface area contributed by atoms with Crippen LogP contribution < -0.4 is 4.74 Å². The zero-order valence-electron chi connectivity index (χ0n) is 18.1. The highest BCUT2D eigenvalue weighted by Crippen LogP contribution is 2.23. The lowest BCUT2D eigenvalue weighted by Crippen LogP contribution is -2.36. The van der Waals surface area contributed by atoms with E-state index in [1.807, 2.05) is 29.3 Å². The molecule has 2 aromatic carbocycles. The summed E-state index contributed by atoms with van der Waals surface area (Å²) in [5.74, 6) is 0.682. The predicted molar refractivity (Wildman–Crippen MR) is 124 cm³/mol. The van der Waals surface area contributed by atoms with Crippen molar-refractivity contribution in [3.63, 3.8) is 0 Å². The first kappa shape index (κ1) is 21.0. The molecule has 0 aliphatic carbocycles. The molecule has 2 aromatic heterocycles. The molecule has 4 aromatic rings. The standard InChI is InChI=1S/C26H24N4O3/c31-25(21-6-1-7-22(16-21)33-26-28-11-4-12-29-26)30-13-14-32-18-19(17-30)15-20-5-2-9-24-23(20)8-3-10-27-24/h1-12,16,19H,13-15,17-18H2. The Bertz CT molecular complexity index is 1240. The van der Waals surface area contributed by atoms with Crippen molar-refractivity contribution >= 4 is 16.8 Å². The van der Waals surface area contributed by atoms with E-state index in [1.165, 1.54) is 5.56 Å². The highest BCUT2D eigenvalue weighted by molar-refractivity contribution is 5.94. The second kappa shape index (κ2) is 9.75. The number of aromatic nitrogens is 3. The first-order valence-corrected chi connectivity index (χ1v) is 11.0. The van der Waals surface area contributed by atoms with Gasteiger partial charge < -0.3 is 14.4 Å².